The van der Waals surface area contributed by atoms with Crippen LogP contribution in [-0.2, 0) is 11.3 Å². The van der Waals surface area contributed by atoms with Crippen LogP contribution in [0.1, 0.15) is 58.7 Å². The standard InChI is InChI=1S/C25H36N2O3.ClH/c1-7-29-23-15-20(16-26-19(3)25(4,5)6)13-14-22(23)30-17-24(28)27-18(2)21-11-9-8-10-12-21;/h8-15,18-19,26H,7,16-17H2,1-6H3,(H,27,28);1H. The lowest BCUT2D eigenvalue weighted by Gasteiger charge is -2.28. The van der Waals surface area contributed by atoms with E-state index in [9.17, 15) is 4.79 Å². The second-order valence-electron chi connectivity index (χ2n) is 8.67. The summed E-state index contributed by atoms with van der Waals surface area (Å²) >= 11 is 0. The fraction of sp³-hybridized carbons (Fsp3) is 0.480. The fourth-order valence-corrected chi connectivity index (χ4v) is 2.88. The zero-order valence-corrected chi connectivity index (χ0v) is 20.3. The van der Waals surface area contributed by atoms with Gasteiger partial charge in [-0.25, -0.2) is 0 Å². The molecule has 0 aromatic heterocycles. The molecule has 0 saturated heterocycles. The number of hydrogen-bond acceptors (Lipinski definition) is 4. The molecular formula is C25H37ClN2O3. The van der Waals surface area contributed by atoms with E-state index in [0.717, 1.165) is 17.7 Å². The van der Waals surface area contributed by atoms with Crippen LogP contribution in [0.4, 0.5) is 0 Å². The van der Waals surface area contributed by atoms with Gasteiger partial charge in [0.15, 0.2) is 18.1 Å². The van der Waals surface area contributed by atoms with E-state index in [-0.39, 0.29) is 36.4 Å². The predicted octanol–water partition coefficient (Wildman–Crippen LogP) is 5.29. The minimum absolute atomic E-state index is 0. The largest absolute Gasteiger partial charge is 0.490 e. The van der Waals surface area contributed by atoms with Crippen molar-refractivity contribution in [2.75, 3.05) is 13.2 Å². The van der Waals surface area contributed by atoms with Crippen molar-refractivity contribution >= 4 is 18.3 Å². The first-order valence-corrected chi connectivity index (χ1v) is 10.7. The first kappa shape index (κ1) is 26.8. The van der Waals surface area contributed by atoms with Crippen molar-refractivity contribution in [2.24, 2.45) is 5.41 Å². The molecule has 0 bridgehead atoms. The molecule has 2 rings (SSSR count). The van der Waals surface area contributed by atoms with Crippen molar-refractivity contribution in [3.63, 3.8) is 0 Å². The Bertz CT molecular complexity index is 806. The summed E-state index contributed by atoms with van der Waals surface area (Å²) in [7, 11) is 0. The molecule has 2 unspecified atom stereocenters. The molecule has 0 aliphatic rings. The van der Waals surface area contributed by atoms with Crippen LogP contribution in [0.5, 0.6) is 11.5 Å². The van der Waals surface area contributed by atoms with Crippen LogP contribution in [0.2, 0.25) is 0 Å². The monoisotopic (exact) mass is 448 g/mol. The molecule has 2 aromatic carbocycles. The SMILES string of the molecule is CCOc1cc(CNC(C)C(C)(C)C)ccc1OCC(=O)NC(C)c1ccccc1.Cl. The van der Waals surface area contributed by atoms with E-state index in [4.69, 9.17) is 9.47 Å². The normalized spacial score (nSPS) is 13.0. The molecule has 0 saturated carbocycles. The third-order valence-electron chi connectivity index (χ3n) is 5.26. The molecule has 6 heteroatoms. The summed E-state index contributed by atoms with van der Waals surface area (Å²) < 4.78 is 11.5. The van der Waals surface area contributed by atoms with Crippen LogP contribution in [0, 0.1) is 5.41 Å². The maximum Gasteiger partial charge on any atom is 0.258 e. The van der Waals surface area contributed by atoms with Crippen LogP contribution >= 0.6 is 12.4 Å². The molecule has 1 amide bonds. The molecular weight excluding hydrogens is 412 g/mol. The summed E-state index contributed by atoms with van der Waals surface area (Å²) in [6.07, 6.45) is 0. The third-order valence-corrected chi connectivity index (χ3v) is 5.26. The van der Waals surface area contributed by atoms with Gasteiger partial charge >= 0.3 is 0 Å². The Hall–Kier alpha value is -2.24. The van der Waals surface area contributed by atoms with E-state index in [0.29, 0.717) is 24.1 Å². The van der Waals surface area contributed by atoms with Crippen LogP contribution in [-0.4, -0.2) is 25.2 Å². The highest BCUT2D eigenvalue weighted by Crippen LogP contribution is 2.29. The van der Waals surface area contributed by atoms with Crippen molar-refractivity contribution in [1.29, 1.82) is 0 Å². The molecule has 0 spiro atoms. The van der Waals surface area contributed by atoms with Crippen molar-refractivity contribution in [2.45, 2.75) is 60.2 Å². The van der Waals surface area contributed by atoms with E-state index in [1.807, 2.05) is 62.4 Å². The molecule has 0 radical (unpaired) electrons. The van der Waals surface area contributed by atoms with Crippen LogP contribution < -0.4 is 20.1 Å². The quantitative estimate of drug-likeness (QED) is 0.518. The summed E-state index contributed by atoms with van der Waals surface area (Å²) in [6, 6.07) is 16.0. The van der Waals surface area contributed by atoms with Gasteiger partial charge in [-0.3, -0.25) is 4.79 Å². The Balaban J connectivity index is 0.00000480. The summed E-state index contributed by atoms with van der Waals surface area (Å²) in [6.45, 7) is 14.0. The van der Waals surface area contributed by atoms with Gasteiger partial charge in [0.05, 0.1) is 12.6 Å². The number of hydrogen-bond donors (Lipinski definition) is 2. The third kappa shape index (κ3) is 8.80. The molecule has 0 aliphatic carbocycles. The average Bonchev–Trinajstić information content (AvgIpc) is 2.71. The number of ether oxygens (including phenoxy) is 2. The lowest BCUT2D eigenvalue weighted by Crippen LogP contribution is -2.37. The average molecular weight is 449 g/mol. The van der Waals surface area contributed by atoms with Gasteiger partial charge in [-0.15, -0.1) is 12.4 Å². The van der Waals surface area contributed by atoms with Gasteiger partial charge in [0, 0.05) is 12.6 Å². The van der Waals surface area contributed by atoms with Gasteiger partial charge in [0.1, 0.15) is 0 Å². The number of benzene rings is 2. The van der Waals surface area contributed by atoms with E-state index in [1.54, 1.807) is 0 Å². The van der Waals surface area contributed by atoms with E-state index in [1.165, 1.54) is 0 Å². The highest BCUT2D eigenvalue weighted by atomic mass is 35.5. The van der Waals surface area contributed by atoms with Gasteiger partial charge in [-0.2, -0.15) is 0 Å². The van der Waals surface area contributed by atoms with E-state index < -0.39 is 0 Å². The van der Waals surface area contributed by atoms with Crippen LogP contribution in [0.3, 0.4) is 0 Å². The van der Waals surface area contributed by atoms with Gasteiger partial charge in [0.25, 0.3) is 5.91 Å². The first-order valence-electron chi connectivity index (χ1n) is 10.7. The number of carbonyl (C=O) groups is 1. The van der Waals surface area contributed by atoms with Gasteiger partial charge in [-0.05, 0) is 49.4 Å². The van der Waals surface area contributed by atoms with E-state index >= 15 is 0 Å². The maximum absolute atomic E-state index is 12.3. The van der Waals surface area contributed by atoms with Crippen molar-refractivity contribution in [1.82, 2.24) is 10.6 Å². The zero-order valence-electron chi connectivity index (χ0n) is 19.5. The van der Waals surface area contributed by atoms with Crippen LogP contribution in [0.15, 0.2) is 48.5 Å². The van der Waals surface area contributed by atoms with Crippen molar-refractivity contribution < 1.29 is 14.3 Å². The van der Waals surface area contributed by atoms with Crippen molar-refractivity contribution in [3.8, 4) is 11.5 Å². The Morgan fingerprint density at radius 2 is 1.68 bits per heavy atom. The Labute approximate surface area is 193 Å². The molecule has 2 N–H and O–H groups in total. The first-order chi connectivity index (χ1) is 14.2. The molecule has 172 valence electrons. The van der Waals surface area contributed by atoms with Gasteiger partial charge in [-0.1, -0.05) is 57.2 Å². The molecule has 0 fully saturated rings. The second kappa shape index (κ2) is 12.6. The molecule has 2 atom stereocenters. The van der Waals surface area contributed by atoms with Gasteiger partial charge < -0.3 is 20.1 Å². The minimum Gasteiger partial charge on any atom is -0.490 e. The van der Waals surface area contributed by atoms with Gasteiger partial charge in [0.2, 0.25) is 0 Å². The maximum atomic E-state index is 12.3. The predicted molar refractivity (Wildman–Crippen MR) is 129 cm³/mol. The molecule has 5 nitrogen and oxygen atoms in total. The Morgan fingerprint density at radius 3 is 2.29 bits per heavy atom. The highest BCUT2D eigenvalue weighted by Gasteiger charge is 2.19. The van der Waals surface area contributed by atoms with Crippen LogP contribution in [0.25, 0.3) is 0 Å². The highest BCUT2D eigenvalue weighted by molar-refractivity contribution is 5.85. The molecule has 31 heavy (non-hydrogen) atoms. The van der Waals surface area contributed by atoms with E-state index in [2.05, 4.69) is 38.3 Å². The number of carbonyl (C=O) groups excluding carboxylic acids is 1. The fourth-order valence-electron chi connectivity index (χ4n) is 2.88. The second-order valence-corrected chi connectivity index (χ2v) is 8.67. The topological polar surface area (TPSA) is 59.6 Å². The lowest BCUT2D eigenvalue weighted by atomic mass is 9.88. The molecule has 0 heterocycles. The zero-order chi connectivity index (χ0) is 22.1. The number of rotatable bonds is 10. The minimum atomic E-state index is -0.168. The summed E-state index contributed by atoms with van der Waals surface area (Å²) in [5, 5.41) is 6.52. The molecule has 2 aromatic rings. The Kier molecular flexibility index (Phi) is 10.9. The Morgan fingerprint density at radius 1 is 1.00 bits per heavy atom. The number of amides is 1. The summed E-state index contributed by atoms with van der Waals surface area (Å²) in [5.74, 6) is 1.06. The summed E-state index contributed by atoms with van der Waals surface area (Å²) in [4.78, 5) is 12.3. The smallest absolute Gasteiger partial charge is 0.258 e. The lowest BCUT2D eigenvalue weighted by molar-refractivity contribution is -0.123. The number of halogens is 1. The van der Waals surface area contributed by atoms with Crippen molar-refractivity contribution in [3.05, 3.63) is 59.7 Å². The number of nitrogens with one attached hydrogen (secondary N) is 2. The molecule has 0 aliphatic heterocycles. The summed E-state index contributed by atoms with van der Waals surface area (Å²) in [5.41, 5.74) is 2.36.